The first kappa shape index (κ1) is 24.4. The van der Waals surface area contributed by atoms with E-state index in [0.717, 1.165) is 11.1 Å². The lowest BCUT2D eigenvalue weighted by molar-refractivity contribution is -0.133. The van der Waals surface area contributed by atoms with Gasteiger partial charge < -0.3 is 28.6 Å². The number of piperazine rings is 1. The minimum Gasteiger partial charge on any atom is -0.493 e. The molecule has 3 aromatic rings. The second-order valence-electron chi connectivity index (χ2n) is 9.07. The third-order valence-corrected chi connectivity index (χ3v) is 7.04. The van der Waals surface area contributed by atoms with Gasteiger partial charge in [-0.1, -0.05) is 24.3 Å². The summed E-state index contributed by atoms with van der Waals surface area (Å²) in [5, 5.41) is 0. The Labute approximate surface area is 215 Å². The van der Waals surface area contributed by atoms with E-state index in [-0.39, 0.29) is 24.1 Å². The molecule has 1 atom stereocenters. The molecule has 0 saturated carbocycles. The molecule has 5 rings (SSSR count). The van der Waals surface area contributed by atoms with Crippen molar-refractivity contribution >= 4 is 17.7 Å². The molecule has 1 aromatic heterocycles. The van der Waals surface area contributed by atoms with E-state index < -0.39 is 6.04 Å². The Morgan fingerprint density at radius 1 is 0.919 bits per heavy atom. The molecular weight excluding hydrogens is 474 g/mol. The molecule has 9 nitrogen and oxygen atoms in total. The van der Waals surface area contributed by atoms with Crippen LogP contribution in [0.3, 0.4) is 0 Å². The van der Waals surface area contributed by atoms with Crippen LogP contribution in [0.2, 0.25) is 0 Å². The summed E-state index contributed by atoms with van der Waals surface area (Å²) in [5.74, 6) is 1.04. The Hall–Kier alpha value is -4.27. The Morgan fingerprint density at radius 2 is 1.65 bits per heavy atom. The highest BCUT2D eigenvalue weighted by Gasteiger charge is 2.36. The number of rotatable bonds is 7. The van der Waals surface area contributed by atoms with Crippen molar-refractivity contribution in [2.45, 2.75) is 19.0 Å². The number of nitrogens with zero attached hydrogens (tertiary/aromatic N) is 3. The van der Waals surface area contributed by atoms with E-state index in [9.17, 15) is 14.4 Å². The van der Waals surface area contributed by atoms with E-state index in [0.29, 0.717) is 55.5 Å². The van der Waals surface area contributed by atoms with E-state index in [2.05, 4.69) is 0 Å². The quantitative estimate of drug-likeness (QED) is 0.491. The molecule has 0 aliphatic carbocycles. The summed E-state index contributed by atoms with van der Waals surface area (Å²) in [6.07, 6.45) is 1.58. The Balaban J connectivity index is 1.35. The average molecular weight is 504 g/mol. The SMILES string of the molecule is COc1ccc(C(CC(=O)N2CCN(C(=O)c3ccco3)CC2)N2Cc3ccccc3C2=O)cc1OC. The van der Waals surface area contributed by atoms with E-state index >= 15 is 0 Å². The summed E-state index contributed by atoms with van der Waals surface area (Å²) in [5.41, 5.74) is 2.39. The maximum atomic E-state index is 13.5. The topological polar surface area (TPSA) is 92.5 Å². The molecule has 1 fully saturated rings. The zero-order valence-corrected chi connectivity index (χ0v) is 20.9. The van der Waals surface area contributed by atoms with E-state index in [1.54, 1.807) is 47.1 Å². The number of amides is 3. The fraction of sp³-hybridized carbons (Fsp3) is 0.321. The van der Waals surface area contributed by atoms with Gasteiger partial charge in [-0.3, -0.25) is 14.4 Å². The van der Waals surface area contributed by atoms with Gasteiger partial charge in [0, 0.05) is 38.3 Å². The van der Waals surface area contributed by atoms with Crippen LogP contribution in [0.15, 0.2) is 65.3 Å². The summed E-state index contributed by atoms with van der Waals surface area (Å²) in [4.78, 5) is 44.7. The molecule has 9 heteroatoms. The smallest absolute Gasteiger partial charge is 0.289 e. The molecule has 1 unspecified atom stereocenters. The molecule has 0 bridgehead atoms. The number of hydrogen-bond acceptors (Lipinski definition) is 6. The lowest BCUT2D eigenvalue weighted by atomic mass is 10.00. The summed E-state index contributed by atoms with van der Waals surface area (Å²) >= 11 is 0. The van der Waals surface area contributed by atoms with E-state index in [4.69, 9.17) is 13.9 Å². The fourth-order valence-corrected chi connectivity index (χ4v) is 5.01. The van der Waals surface area contributed by atoms with Crippen molar-refractivity contribution in [1.29, 1.82) is 0 Å². The predicted octanol–water partition coefficient (Wildman–Crippen LogP) is 3.37. The molecule has 2 aromatic carbocycles. The number of benzene rings is 2. The zero-order valence-electron chi connectivity index (χ0n) is 20.9. The molecule has 3 heterocycles. The van der Waals surface area contributed by atoms with Crippen LogP contribution >= 0.6 is 0 Å². The second-order valence-corrected chi connectivity index (χ2v) is 9.07. The normalized spacial score (nSPS) is 15.9. The van der Waals surface area contributed by atoms with Crippen LogP contribution in [-0.4, -0.2) is 72.8 Å². The van der Waals surface area contributed by atoms with Crippen molar-refractivity contribution in [3.8, 4) is 11.5 Å². The molecule has 0 spiro atoms. The van der Waals surface area contributed by atoms with Crippen LogP contribution in [0.5, 0.6) is 11.5 Å². The van der Waals surface area contributed by atoms with Crippen LogP contribution in [0, 0.1) is 0 Å². The summed E-state index contributed by atoms with van der Waals surface area (Å²) in [6.45, 7) is 2.09. The third-order valence-electron chi connectivity index (χ3n) is 7.04. The number of methoxy groups -OCH3 is 2. The van der Waals surface area contributed by atoms with Crippen LogP contribution < -0.4 is 9.47 Å². The first-order chi connectivity index (χ1) is 18.0. The molecule has 37 heavy (non-hydrogen) atoms. The minimum atomic E-state index is -0.491. The second kappa shape index (κ2) is 10.4. The van der Waals surface area contributed by atoms with Crippen LogP contribution in [-0.2, 0) is 11.3 Å². The van der Waals surface area contributed by atoms with Gasteiger partial charge in [-0.25, -0.2) is 0 Å². The van der Waals surface area contributed by atoms with Crippen LogP contribution in [0.25, 0.3) is 0 Å². The van der Waals surface area contributed by atoms with Gasteiger partial charge in [0.05, 0.1) is 32.9 Å². The summed E-state index contributed by atoms with van der Waals surface area (Å²) < 4.78 is 16.1. The molecule has 0 radical (unpaired) electrons. The Kier molecular flexibility index (Phi) is 6.85. The van der Waals surface area contributed by atoms with Crippen molar-refractivity contribution in [3.63, 3.8) is 0 Å². The lowest BCUT2D eigenvalue weighted by Gasteiger charge is -2.36. The Bertz CT molecular complexity index is 1300. The highest BCUT2D eigenvalue weighted by molar-refractivity contribution is 5.99. The van der Waals surface area contributed by atoms with E-state index in [1.165, 1.54) is 6.26 Å². The molecule has 3 amide bonds. The van der Waals surface area contributed by atoms with Gasteiger partial charge in [-0.2, -0.15) is 0 Å². The fourth-order valence-electron chi connectivity index (χ4n) is 5.01. The maximum absolute atomic E-state index is 13.5. The highest BCUT2D eigenvalue weighted by Crippen LogP contribution is 2.37. The number of carbonyl (C=O) groups excluding carboxylic acids is 3. The predicted molar refractivity (Wildman–Crippen MR) is 134 cm³/mol. The van der Waals surface area contributed by atoms with Gasteiger partial charge in [0.2, 0.25) is 5.91 Å². The van der Waals surface area contributed by atoms with Gasteiger partial charge in [-0.05, 0) is 41.5 Å². The van der Waals surface area contributed by atoms with Gasteiger partial charge in [-0.15, -0.1) is 0 Å². The zero-order chi connectivity index (χ0) is 25.9. The van der Waals surface area contributed by atoms with Crippen LogP contribution in [0.4, 0.5) is 0 Å². The summed E-state index contributed by atoms with van der Waals surface area (Å²) in [7, 11) is 3.12. The molecular formula is C28H29N3O6. The molecule has 0 N–H and O–H groups in total. The molecule has 2 aliphatic rings. The minimum absolute atomic E-state index is 0.0753. The largest absolute Gasteiger partial charge is 0.493 e. The number of carbonyl (C=O) groups is 3. The average Bonchev–Trinajstić information content (AvgIpc) is 3.60. The first-order valence-corrected chi connectivity index (χ1v) is 12.2. The number of furan rings is 1. The summed E-state index contributed by atoms with van der Waals surface area (Å²) in [6, 6.07) is 15.8. The van der Waals surface area contributed by atoms with Gasteiger partial charge >= 0.3 is 0 Å². The lowest BCUT2D eigenvalue weighted by Crippen LogP contribution is -2.51. The Morgan fingerprint density at radius 3 is 2.32 bits per heavy atom. The van der Waals surface area contributed by atoms with Crippen LogP contribution in [0.1, 0.15) is 44.5 Å². The number of fused-ring (bicyclic) bond motifs is 1. The van der Waals surface area contributed by atoms with E-state index in [1.807, 2.05) is 36.4 Å². The first-order valence-electron chi connectivity index (χ1n) is 12.2. The van der Waals surface area contributed by atoms with Crippen molar-refractivity contribution in [3.05, 3.63) is 83.3 Å². The number of hydrogen-bond donors (Lipinski definition) is 0. The standard InChI is InChI=1S/C28H29N3O6/c1-35-23-10-9-19(16-25(23)36-2)22(31-18-20-6-3-4-7-21(20)27(31)33)17-26(32)29-11-13-30(14-12-29)28(34)24-8-5-15-37-24/h3-10,15-16,22H,11-14,17-18H2,1-2H3. The molecule has 1 saturated heterocycles. The van der Waals surface area contributed by atoms with Crippen molar-refractivity contribution < 1.29 is 28.3 Å². The van der Waals surface area contributed by atoms with Crippen molar-refractivity contribution in [2.75, 3.05) is 40.4 Å². The highest BCUT2D eigenvalue weighted by atomic mass is 16.5. The molecule has 2 aliphatic heterocycles. The van der Waals surface area contributed by atoms with Gasteiger partial charge in [0.15, 0.2) is 17.3 Å². The number of ether oxygens (including phenoxy) is 2. The maximum Gasteiger partial charge on any atom is 0.289 e. The monoisotopic (exact) mass is 503 g/mol. The van der Waals surface area contributed by atoms with Crippen molar-refractivity contribution in [1.82, 2.24) is 14.7 Å². The van der Waals surface area contributed by atoms with Gasteiger partial charge in [0.25, 0.3) is 11.8 Å². The van der Waals surface area contributed by atoms with Crippen molar-refractivity contribution in [2.24, 2.45) is 0 Å². The third kappa shape index (κ3) is 4.76. The van der Waals surface area contributed by atoms with Gasteiger partial charge in [0.1, 0.15) is 0 Å². The molecule has 192 valence electrons.